The summed E-state index contributed by atoms with van der Waals surface area (Å²) in [6, 6.07) is 4.54. The van der Waals surface area contributed by atoms with Crippen molar-refractivity contribution in [3.63, 3.8) is 0 Å². The van der Waals surface area contributed by atoms with Crippen molar-refractivity contribution in [2.45, 2.75) is 58.8 Å². The van der Waals surface area contributed by atoms with Gasteiger partial charge in [-0.05, 0) is 47.4 Å². The van der Waals surface area contributed by atoms with Gasteiger partial charge in [-0.15, -0.1) is 0 Å². The topological polar surface area (TPSA) is 37.3 Å². The van der Waals surface area contributed by atoms with Crippen molar-refractivity contribution in [2.75, 3.05) is 0 Å². The third-order valence-corrected chi connectivity index (χ3v) is 4.22. The van der Waals surface area contributed by atoms with Gasteiger partial charge < -0.3 is 5.11 Å². The summed E-state index contributed by atoms with van der Waals surface area (Å²) in [5.74, 6) is 0.417. The second-order valence-electron chi connectivity index (χ2n) is 5.60. The third-order valence-electron chi connectivity index (χ3n) is 4.22. The van der Waals surface area contributed by atoms with Gasteiger partial charge in [0.05, 0.1) is 5.76 Å². The fourth-order valence-electron chi connectivity index (χ4n) is 3.24. The van der Waals surface area contributed by atoms with Gasteiger partial charge >= 0.3 is 0 Å². The van der Waals surface area contributed by atoms with Crippen LogP contribution in [0.3, 0.4) is 0 Å². The van der Waals surface area contributed by atoms with E-state index in [1.165, 1.54) is 28.3 Å². The highest BCUT2D eigenvalue weighted by atomic mass is 16.3. The molecule has 2 nitrogen and oxygen atoms in total. The lowest BCUT2D eigenvalue weighted by atomic mass is 9.79. The summed E-state index contributed by atoms with van der Waals surface area (Å²) in [6.07, 6.45) is 5.49. The fourth-order valence-corrected chi connectivity index (χ4v) is 3.24. The third kappa shape index (κ3) is 2.95. The van der Waals surface area contributed by atoms with Crippen molar-refractivity contribution in [3.8, 4) is 0 Å². The van der Waals surface area contributed by atoms with E-state index in [0.717, 1.165) is 19.3 Å². The van der Waals surface area contributed by atoms with Crippen molar-refractivity contribution in [1.82, 2.24) is 0 Å². The number of allylic oxidation sites excluding steroid dienone is 2. The van der Waals surface area contributed by atoms with E-state index in [0.29, 0.717) is 12.8 Å². The van der Waals surface area contributed by atoms with Crippen LogP contribution >= 0.6 is 0 Å². The summed E-state index contributed by atoms with van der Waals surface area (Å²) in [6.45, 7) is 6.50. The molecule has 1 aromatic carbocycles. The van der Waals surface area contributed by atoms with Crippen LogP contribution in [-0.2, 0) is 24.1 Å². The maximum atomic E-state index is 11.7. The number of carbonyl (C=O) groups is 1. The minimum Gasteiger partial charge on any atom is -0.512 e. The zero-order chi connectivity index (χ0) is 14.7. The van der Waals surface area contributed by atoms with Gasteiger partial charge in [0.1, 0.15) is 0 Å². The van der Waals surface area contributed by atoms with E-state index in [9.17, 15) is 9.90 Å². The van der Waals surface area contributed by atoms with Gasteiger partial charge in [0.2, 0.25) is 0 Å². The lowest BCUT2D eigenvalue weighted by molar-refractivity contribution is -0.115. The molecule has 1 aromatic rings. The molecule has 2 heteroatoms. The predicted molar refractivity (Wildman–Crippen MR) is 82.3 cm³/mol. The van der Waals surface area contributed by atoms with Crippen LogP contribution in [0.4, 0.5) is 0 Å². The van der Waals surface area contributed by atoms with Crippen molar-refractivity contribution in [2.24, 2.45) is 0 Å². The van der Waals surface area contributed by atoms with E-state index >= 15 is 0 Å². The molecule has 0 aliphatic heterocycles. The van der Waals surface area contributed by atoms with Gasteiger partial charge in [-0.2, -0.15) is 0 Å². The maximum absolute atomic E-state index is 11.7. The first kappa shape index (κ1) is 14.8. The van der Waals surface area contributed by atoms with Crippen LogP contribution in [-0.4, -0.2) is 10.9 Å². The average Bonchev–Trinajstić information content (AvgIpc) is 2.44. The first-order valence-electron chi connectivity index (χ1n) is 7.65. The second-order valence-corrected chi connectivity index (χ2v) is 5.60. The van der Waals surface area contributed by atoms with Crippen LogP contribution in [0.1, 0.15) is 61.8 Å². The second kappa shape index (κ2) is 6.25. The summed E-state index contributed by atoms with van der Waals surface area (Å²) in [4.78, 5) is 11.7. The number of carbonyl (C=O) groups excluding carboxylic acids is 1. The lowest BCUT2D eigenvalue weighted by Gasteiger charge is -2.25. The molecule has 0 saturated heterocycles. The molecule has 2 rings (SSSR count). The molecular formula is C18H24O2. The summed E-state index contributed by atoms with van der Waals surface area (Å²) in [5, 5.41) is 9.78. The van der Waals surface area contributed by atoms with Crippen molar-refractivity contribution < 1.29 is 9.90 Å². The Bertz CT molecular complexity index is 515. The largest absolute Gasteiger partial charge is 0.512 e. The molecule has 0 heterocycles. The van der Waals surface area contributed by atoms with Crippen molar-refractivity contribution in [1.29, 1.82) is 0 Å². The minimum atomic E-state index is 0.0439. The van der Waals surface area contributed by atoms with Crippen LogP contribution in [0.15, 0.2) is 24.0 Å². The number of ketones is 1. The standard InChI is InChI=1S/C18H24O2/c1-4-12-7-13(5-2)18(14(6-3)8-12)15-9-16(19)11-17(20)10-15/h7-8,11,15,19H,4-6,9-10H2,1-3H3. The minimum absolute atomic E-state index is 0.0439. The van der Waals surface area contributed by atoms with Gasteiger partial charge in [0.15, 0.2) is 5.78 Å². The van der Waals surface area contributed by atoms with Gasteiger partial charge in [0, 0.05) is 18.9 Å². The molecule has 1 N–H and O–H groups in total. The van der Waals surface area contributed by atoms with E-state index in [1.54, 1.807) is 0 Å². The van der Waals surface area contributed by atoms with Crippen LogP contribution in [0.5, 0.6) is 0 Å². The Hall–Kier alpha value is -1.57. The van der Waals surface area contributed by atoms with E-state index < -0.39 is 0 Å². The lowest BCUT2D eigenvalue weighted by Crippen LogP contribution is -2.16. The predicted octanol–water partition coefficient (Wildman–Crippen LogP) is 4.26. The van der Waals surface area contributed by atoms with Crippen molar-refractivity contribution in [3.05, 3.63) is 46.2 Å². The van der Waals surface area contributed by atoms with E-state index in [-0.39, 0.29) is 17.5 Å². The smallest absolute Gasteiger partial charge is 0.159 e. The quantitative estimate of drug-likeness (QED) is 0.889. The Morgan fingerprint density at radius 1 is 1.05 bits per heavy atom. The molecular weight excluding hydrogens is 248 g/mol. The van der Waals surface area contributed by atoms with Gasteiger partial charge in [0.25, 0.3) is 0 Å². The Morgan fingerprint density at radius 2 is 1.65 bits per heavy atom. The number of aliphatic hydroxyl groups is 1. The van der Waals surface area contributed by atoms with Crippen LogP contribution in [0.25, 0.3) is 0 Å². The average molecular weight is 272 g/mol. The normalized spacial score (nSPS) is 19.1. The van der Waals surface area contributed by atoms with Gasteiger partial charge in [-0.3, -0.25) is 4.79 Å². The number of benzene rings is 1. The summed E-state index contributed by atoms with van der Waals surface area (Å²) in [5.41, 5.74) is 5.35. The summed E-state index contributed by atoms with van der Waals surface area (Å²) < 4.78 is 0. The molecule has 0 aromatic heterocycles. The van der Waals surface area contributed by atoms with Crippen molar-refractivity contribution >= 4 is 5.78 Å². The monoisotopic (exact) mass is 272 g/mol. The zero-order valence-electron chi connectivity index (χ0n) is 12.7. The van der Waals surface area contributed by atoms with E-state index in [4.69, 9.17) is 0 Å². The Kier molecular flexibility index (Phi) is 4.64. The SMILES string of the molecule is CCc1cc(CC)c(C2CC(=O)C=C(O)C2)c(CC)c1. The number of hydrogen-bond donors (Lipinski definition) is 1. The molecule has 0 radical (unpaired) electrons. The van der Waals surface area contributed by atoms with E-state index in [1.807, 2.05) is 0 Å². The van der Waals surface area contributed by atoms with Crippen LogP contribution in [0, 0.1) is 0 Å². The Labute approximate surface area is 121 Å². The number of aryl methyl sites for hydroxylation is 3. The van der Waals surface area contributed by atoms with Gasteiger partial charge in [-0.1, -0.05) is 32.9 Å². The molecule has 20 heavy (non-hydrogen) atoms. The molecule has 1 aliphatic rings. The molecule has 0 fully saturated rings. The Morgan fingerprint density at radius 3 is 2.10 bits per heavy atom. The molecule has 0 amide bonds. The zero-order valence-corrected chi connectivity index (χ0v) is 12.7. The highest BCUT2D eigenvalue weighted by Crippen LogP contribution is 2.36. The summed E-state index contributed by atoms with van der Waals surface area (Å²) in [7, 11) is 0. The molecule has 1 unspecified atom stereocenters. The molecule has 108 valence electrons. The number of aliphatic hydroxyl groups excluding tert-OH is 1. The fraction of sp³-hybridized carbons (Fsp3) is 0.500. The van der Waals surface area contributed by atoms with Crippen LogP contribution in [0.2, 0.25) is 0 Å². The highest BCUT2D eigenvalue weighted by Gasteiger charge is 2.25. The number of rotatable bonds is 4. The highest BCUT2D eigenvalue weighted by molar-refractivity contribution is 5.91. The van der Waals surface area contributed by atoms with Gasteiger partial charge in [-0.25, -0.2) is 0 Å². The molecule has 0 spiro atoms. The molecule has 1 atom stereocenters. The first-order valence-corrected chi connectivity index (χ1v) is 7.65. The molecule has 0 saturated carbocycles. The van der Waals surface area contributed by atoms with Crippen LogP contribution < -0.4 is 0 Å². The maximum Gasteiger partial charge on any atom is 0.159 e. The first-order chi connectivity index (χ1) is 9.58. The Balaban J connectivity index is 2.49. The molecule has 1 aliphatic carbocycles. The molecule has 0 bridgehead atoms. The number of hydrogen-bond acceptors (Lipinski definition) is 2. The van der Waals surface area contributed by atoms with E-state index in [2.05, 4.69) is 32.9 Å². The summed E-state index contributed by atoms with van der Waals surface area (Å²) >= 11 is 0.